The zero-order valence-electron chi connectivity index (χ0n) is 12.2. The molecule has 0 atom stereocenters. The van der Waals surface area contributed by atoms with Crippen LogP contribution in [0.25, 0.3) is 5.57 Å². The Labute approximate surface area is 121 Å². The van der Waals surface area contributed by atoms with Crippen LogP contribution in [-0.2, 0) is 6.54 Å². The maximum absolute atomic E-state index is 2.53. The molecule has 1 nitrogen and oxygen atoms in total. The van der Waals surface area contributed by atoms with Crippen LogP contribution in [0.2, 0.25) is 0 Å². The zero-order chi connectivity index (χ0) is 14.0. The van der Waals surface area contributed by atoms with Crippen molar-refractivity contribution in [3.8, 4) is 0 Å². The fraction of sp³-hybridized carbons (Fsp3) is 0.263. The van der Waals surface area contributed by atoms with E-state index in [0.717, 1.165) is 13.1 Å². The lowest BCUT2D eigenvalue weighted by molar-refractivity contribution is 0.197. The van der Waals surface area contributed by atoms with E-state index >= 15 is 0 Å². The molecule has 0 saturated heterocycles. The Bertz CT molecular complexity index is 596. The quantitative estimate of drug-likeness (QED) is 0.795. The van der Waals surface area contributed by atoms with Gasteiger partial charge < -0.3 is 0 Å². The molecule has 1 heterocycles. The van der Waals surface area contributed by atoms with Crippen molar-refractivity contribution in [2.45, 2.75) is 25.9 Å². The topological polar surface area (TPSA) is 3.24 Å². The third-order valence-corrected chi connectivity index (χ3v) is 4.27. The Hall–Kier alpha value is -1.86. The molecule has 0 unspecified atom stereocenters. The highest BCUT2D eigenvalue weighted by molar-refractivity contribution is 5.74. The fourth-order valence-electron chi connectivity index (χ4n) is 3.00. The summed E-state index contributed by atoms with van der Waals surface area (Å²) in [6, 6.07) is 21.4. The standard InChI is InChI=1S/C19H21N/c1-19(2)18(17-11-7-4-8-12-17)13-14-20(19)15-16-9-5-3-6-10-16/h3-13H,14-15H2,1-2H3. The molecular formula is C19H21N. The molecule has 0 amide bonds. The van der Waals surface area contributed by atoms with Gasteiger partial charge in [-0.25, -0.2) is 0 Å². The lowest BCUT2D eigenvalue weighted by Crippen LogP contribution is -2.39. The molecule has 0 aliphatic carbocycles. The van der Waals surface area contributed by atoms with Crippen LogP contribution in [-0.4, -0.2) is 17.0 Å². The molecule has 0 N–H and O–H groups in total. The second-order valence-electron chi connectivity index (χ2n) is 5.91. The van der Waals surface area contributed by atoms with Crippen LogP contribution in [0.5, 0.6) is 0 Å². The number of rotatable bonds is 3. The van der Waals surface area contributed by atoms with Crippen molar-refractivity contribution in [3.05, 3.63) is 77.9 Å². The molecule has 0 saturated carbocycles. The van der Waals surface area contributed by atoms with Crippen molar-refractivity contribution < 1.29 is 0 Å². The molecule has 1 aliphatic rings. The highest BCUT2D eigenvalue weighted by Gasteiger charge is 2.35. The molecule has 0 spiro atoms. The van der Waals surface area contributed by atoms with E-state index < -0.39 is 0 Å². The summed E-state index contributed by atoms with van der Waals surface area (Å²) in [6.45, 7) is 6.66. The maximum Gasteiger partial charge on any atom is 0.0414 e. The van der Waals surface area contributed by atoms with Crippen LogP contribution in [0.15, 0.2) is 66.7 Å². The van der Waals surface area contributed by atoms with E-state index in [1.165, 1.54) is 16.7 Å². The van der Waals surface area contributed by atoms with Crippen molar-refractivity contribution in [1.82, 2.24) is 4.90 Å². The zero-order valence-corrected chi connectivity index (χ0v) is 12.2. The minimum Gasteiger partial charge on any atom is -0.286 e. The highest BCUT2D eigenvalue weighted by Crippen LogP contribution is 2.37. The number of nitrogens with zero attached hydrogens (tertiary/aromatic N) is 1. The van der Waals surface area contributed by atoms with E-state index in [-0.39, 0.29) is 5.54 Å². The van der Waals surface area contributed by atoms with Crippen molar-refractivity contribution in [2.75, 3.05) is 6.54 Å². The predicted molar refractivity (Wildman–Crippen MR) is 85.4 cm³/mol. The summed E-state index contributed by atoms with van der Waals surface area (Å²) in [4.78, 5) is 2.53. The minimum atomic E-state index is 0.0806. The molecule has 0 fully saturated rings. The van der Waals surface area contributed by atoms with Gasteiger partial charge in [-0.2, -0.15) is 0 Å². The molecule has 0 radical (unpaired) electrons. The summed E-state index contributed by atoms with van der Waals surface area (Å²) in [5.74, 6) is 0. The minimum absolute atomic E-state index is 0.0806. The van der Waals surface area contributed by atoms with Gasteiger partial charge in [0.05, 0.1) is 0 Å². The van der Waals surface area contributed by atoms with Crippen LogP contribution in [0, 0.1) is 0 Å². The Balaban J connectivity index is 1.82. The molecule has 2 aromatic carbocycles. The van der Waals surface area contributed by atoms with E-state index in [9.17, 15) is 0 Å². The highest BCUT2D eigenvalue weighted by atomic mass is 15.2. The molecule has 20 heavy (non-hydrogen) atoms. The largest absolute Gasteiger partial charge is 0.286 e. The summed E-state index contributed by atoms with van der Waals surface area (Å²) < 4.78 is 0. The third kappa shape index (κ3) is 2.41. The van der Waals surface area contributed by atoms with Gasteiger partial charge in [-0.15, -0.1) is 0 Å². The first kappa shape index (κ1) is 13.1. The van der Waals surface area contributed by atoms with Crippen LogP contribution in [0.4, 0.5) is 0 Å². The molecule has 1 heteroatoms. The fourth-order valence-corrected chi connectivity index (χ4v) is 3.00. The Morgan fingerprint density at radius 1 is 0.900 bits per heavy atom. The van der Waals surface area contributed by atoms with Crippen LogP contribution >= 0.6 is 0 Å². The molecule has 3 rings (SSSR count). The van der Waals surface area contributed by atoms with Crippen LogP contribution < -0.4 is 0 Å². The van der Waals surface area contributed by atoms with Gasteiger partial charge in [0, 0.05) is 18.6 Å². The molecule has 2 aromatic rings. The first-order valence-corrected chi connectivity index (χ1v) is 7.23. The van der Waals surface area contributed by atoms with E-state index in [4.69, 9.17) is 0 Å². The van der Waals surface area contributed by atoms with E-state index in [2.05, 4.69) is 85.5 Å². The Morgan fingerprint density at radius 2 is 1.50 bits per heavy atom. The van der Waals surface area contributed by atoms with Crippen molar-refractivity contribution in [1.29, 1.82) is 0 Å². The van der Waals surface area contributed by atoms with Gasteiger partial charge in [-0.3, -0.25) is 4.90 Å². The van der Waals surface area contributed by atoms with Crippen LogP contribution in [0.3, 0.4) is 0 Å². The number of hydrogen-bond donors (Lipinski definition) is 0. The second kappa shape index (κ2) is 5.26. The van der Waals surface area contributed by atoms with E-state index in [1.54, 1.807) is 0 Å². The van der Waals surface area contributed by atoms with Gasteiger partial charge >= 0.3 is 0 Å². The summed E-state index contributed by atoms with van der Waals surface area (Å²) >= 11 is 0. The number of benzene rings is 2. The molecule has 102 valence electrons. The average molecular weight is 263 g/mol. The summed E-state index contributed by atoms with van der Waals surface area (Å²) in [5, 5.41) is 0. The van der Waals surface area contributed by atoms with E-state index in [1.807, 2.05) is 0 Å². The van der Waals surface area contributed by atoms with Gasteiger partial charge in [0.1, 0.15) is 0 Å². The lowest BCUT2D eigenvalue weighted by atomic mass is 9.89. The van der Waals surface area contributed by atoms with Gasteiger partial charge in [0.2, 0.25) is 0 Å². The Kier molecular flexibility index (Phi) is 3.45. The molecule has 0 bridgehead atoms. The van der Waals surface area contributed by atoms with Gasteiger partial charge in [0.15, 0.2) is 0 Å². The molecular weight excluding hydrogens is 242 g/mol. The Morgan fingerprint density at radius 3 is 2.15 bits per heavy atom. The second-order valence-corrected chi connectivity index (χ2v) is 5.91. The van der Waals surface area contributed by atoms with Crippen molar-refractivity contribution >= 4 is 5.57 Å². The maximum atomic E-state index is 2.53. The monoisotopic (exact) mass is 263 g/mol. The predicted octanol–water partition coefficient (Wildman–Crippen LogP) is 4.36. The molecule has 1 aliphatic heterocycles. The summed E-state index contributed by atoms with van der Waals surface area (Å²) in [6.07, 6.45) is 2.37. The summed E-state index contributed by atoms with van der Waals surface area (Å²) in [7, 11) is 0. The van der Waals surface area contributed by atoms with Crippen molar-refractivity contribution in [3.63, 3.8) is 0 Å². The van der Waals surface area contributed by atoms with Gasteiger partial charge in [0.25, 0.3) is 0 Å². The smallest absolute Gasteiger partial charge is 0.0414 e. The normalized spacial score (nSPS) is 18.0. The van der Waals surface area contributed by atoms with Gasteiger partial charge in [-0.1, -0.05) is 66.7 Å². The SMILES string of the molecule is CC1(C)C(c2ccccc2)=CCN1Cc1ccccc1. The average Bonchev–Trinajstić information content (AvgIpc) is 2.76. The lowest BCUT2D eigenvalue weighted by Gasteiger charge is -2.35. The van der Waals surface area contributed by atoms with E-state index in [0.29, 0.717) is 0 Å². The van der Waals surface area contributed by atoms with Gasteiger partial charge in [-0.05, 0) is 30.5 Å². The van der Waals surface area contributed by atoms with Crippen molar-refractivity contribution in [2.24, 2.45) is 0 Å². The molecule has 0 aromatic heterocycles. The first-order valence-electron chi connectivity index (χ1n) is 7.23. The first-order chi connectivity index (χ1) is 9.68. The third-order valence-electron chi connectivity index (χ3n) is 4.27. The summed E-state index contributed by atoms with van der Waals surface area (Å²) in [5.41, 5.74) is 4.24. The van der Waals surface area contributed by atoms with Crippen LogP contribution in [0.1, 0.15) is 25.0 Å². The number of hydrogen-bond acceptors (Lipinski definition) is 1.